The third-order valence-corrected chi connectivity index (χ3v) is 4.21. The van der Waals surface area contributed by atoms with E-state index in [1.807, 2.05) is 12.1 Å². The van der Waals surface area contributed by atoms with Crippen molar-refractivity contribution in [3.8, 4) is 0 Å². The van der Waals surface area contributed by atoms with E-state index in [4.69, 9.17) is 33.3 Å². The fourth-order valence-corrected chi connectivity index (χ4v) is 2.78. The highest BCUT2D eigenvalue weighted by molar-refractivity contribution is 7.80. The molecule has 2 rings (SSSR count). The van der Waals surface area contributed by atoms with Gasteiger partial charge in [-0.2, -0.15) is 0 Å². The fraction of sp³-hybridized carbons (Fsp3) is 0.318. The third-order valence-electron chi connectivity index (χ3n) is 3.71. The zero-order valence-electron chi connectivity index (χ0n) is 17.3. The molecule has 0 atom stereocenters. The van der Waals surface area contributed by atoms with E-state index in [9.17, 15) is 9.59 Å². The largest absolute Gasteiger partial charge is 0.459 e. The monoisotopic (exact) mass is 448 g/mol. The molecule has 2 aromatic carbocycles. The van der Waals surface area contributed by atoms with Gasteiger partial charge in [-0.3, -0.25) is 0 Å². The predicted octanol–water partition coefficient (Wildman–Crippen LogP) is 4.96. The van der Waals surface area contributed by atoms with Crippen LogP contribution in [0.5, 0.6) is 0 Å². The van der Waals surface area contributed by atoms with Gasteiger partial charge in [0.2, 0.25) is 0 Å². The quantitative estimate of drug-likeness (QED) is 0.458. The molecule has 0 saturated heterocycles. The molecule has 8 heteroatoms. The van der Waals surface area contributed by atoms with Crippen LogP contribution < -0.4 is 10.6 Å². The number of hydrogen-bond acceptors (Lipinski definition) is 5. The average molecular weight is 449 g/mol. The normalized spacial score (nSPS) is 10.6. The molecule has 0 aliphatic heterocycles. The molecule has 0 saturated carbocycles. The van der Waals surface area contributed by atoms with Crippen molar-refractivity contribution >= 4 is 46.6 Å². The molecule has 0 unspecified atom stereocenters. The minimum absolute atomic E-state index is 0.227. The van der Waals surface area contributed by atoms with Gasteiger partial charge in [0.15, 0.2) is 5.11 Å². The summed E-state index contributed by atoms with van der Waals surface area (Å²) in [7, 11) is 0. The summed E-state index contributed by atoms with van der Waals surface area (Å²) < 4.78 is 10.5. The topological polar surface area (TPSA) is 76.7 Å². The number of rotatable bonds is 7. The van der Waals surface area contributed by atoms with Crippen LogP contribution in [0.3, 0.4) is 0 Å². The van der Waals surface area contributed by atoms with E-state index >= 15 is 0 Å². The lowest BCUT2D eigenvalue weighted by Gasteiger charge is -2.15. The summed E-state index contributed by atoms with van der Waals surface area (Å²) >= 11 is 11.2. The van der Waals surface area contributed by atoms with Gasteiger partial charge in [0.1, 0.15) is 0 Å². The molecule has 0 aliphatic rings. The van der Waals surface area contributed by atoms with Crippen LogP contribution in [0.25, 0.3) is 0 Å². The van der Waals surface area contributed by atoms with E-state index in [1.165, 1.54) is 6.07 Å². The first-order valence-corrected chi connectivity index (χ1v) is 10.3. The van der Waals surface area contributed by atoms with Crippen molar-refractivity contribution in [2.45, 2.75) is 46.4 Å². The molecule has 0 aliphatic carbocycles. The minimum Gasteiger partial charge on any atom is -0.459 e. The first-order valence-electron chi connectivity index (χ1n) is 9.50. The number of esters is 2. The van der Waals surface area contributed by atoms with E-state index < -0.39 is 11.9 Å². The number of halogens is 1. The van der Waals surface area contributed by atoms with Crippen molar-refractivity contribution in [2.24, 2.45) is 0 Å². The van der Waals surface area contributed by atoms with Crippen molar-refractivity contribution in [3.05, 3.63) is 64.2 Å². The van der Waals surface area contributed by atoms with Crippen molar-refractivity contribution in [1.82, 2.24) is 5.32 Å². The van der Waals surface area contributed by atoms with Crippen LogP contribution in [0.1, 0.15) is 54.0 Å². The Kier molecular flexibility index (Phi) is 8.62. The lowest BCUT2D eigenvalue weighted by atomic mass is 10.1. The molecule has 2 N–H and O–H groups in total. The van der Waals surface area contributed by atoms with Crippen LogP contribution in [-0.4, -0.2) is 29.3 Å². The van der Waals surface area contributed by atoms with Gasteiger partial charge in [-0.25, -0.2) is 9.59 Å². The summed E-state index contributed by atoms with van der Waals surface area (Å²) in [6.07, 6.45) is -0.579. The highest BCUT2D eigenvalue weighted by Crippen LogP contribution is 2.18. The number of carbonyl (C=O) groups excluding carboxylic acids is 2. The average Bonchev–Trinajstić information content (AvgIpc) is 2.66. The van der Waals surface area contributed by atoms with E-state index in [0.717, 1.165) is 5.56 Å². The maximum atomic E-state index is 12.4. The number of nitrogens with one attached hydrogen (secondary N) is 2. The van der Waals surface area contributed by atoms with Crippen molar-refractivity contribution in [3.63, 3.8) is 0 Å². The number of hydrogen-bond donors (Lipinski definition) is 2. The van der Waals surface area contributed by atoms with E-state index in [-0.39, 0.29) is 23.3 Å². The Morgan fingerprint density at radius 2 is 1.43 bits per heavy atom. The van der Waals surface area contributed by atoms with Gasteiger partial charge in [-0.15, -0.1) is 0 Å². The van der Waals surface area contributed by atoms with Gasteiger partial charge in [0, 0.05) is 17.3 Å². The van der Waals surface area contributed by atoms with Gasteiger partial charge in [0.05, 0.1) is 23.3 Å². The molecule has 0 aromatic heterocycles. The van der Waals surface area contributed by atoms with E-state index in [2.05, 4.69) is 10.6 Å². The van der Waals surface area contributed by atoms with Gasteiger partial charge in [0.25, 0.3) is 0 Å². The molecular formula is C22H25ClN2O4S. The summed E-state index contributed by atoms with van der Waals surface area (Å²) in [5.74, 6) is -1.07. The smallest absolute Gasteiger partial charge is 0.338 e. The van der Waals surface area contributed by atoms with Gasteiger partial charge >= 0.3 is 11.9 Å². The highest BCUT2D eigenvalue weighted by Gasteiger charge is 2.17. The fourth-order valence-electron chi connectivity index (χ4n) is 2.46. The first-order chi connectivity index (χ1) is 14.1. The van der Waals surface area contributed by atoms with Crippen molar-refractivity contribution < 1.29 is 19.1 Å². The standard InChI is InChI=1S/C22H25ClN2O4S/c1-13(2)28-20(26)16-9-17(21(27)29-14(3)4)11-19(10-16)25-22(30)24-12-15-5-7-18(23)8-6-15/h5-11,13-14H,12H2,1-4H3,(H2,24,25,30). The van der Waals surface area contributed by atoms with Crippen molar-refractivity contribution in [2.75, 3.05) is 5.32 Å². The number of benzene rings is 2. The minimum atomic E-state index is -0.535. The Hall–Kier alpha value is -2.64. The zero-order valence-corrected chi connectivity index (χ0v) is 18.9. The molecule has 6 nitrogen and oxygen atoms in total. The van der Waals surface area contributed by atoms with Crippen LogP contribution >= 0.6 is 23.8 Å². The van der Waals surface area contributed by atoms with Crippen LogP contribution in [0.4, 0.5) is 5.69 Å². The number of carbonyl (C=O) groups is 2. The Balaban J connectivity index is 2.17. The Morgan fingerprint density at radius 1 is 0.933 bits per heavy atom. The Labute approximate surface area is 186 Å². The number of ether oxygens (including phenoxy) is 2. The zero-order chi connectivity index (χ0) is 22.3. The highest BCUT2D eigenvalue weighted by atomic mass is 35.5. The van der Waals surface area contributed by atoms with Gasteiger partial charge in [-0.1, -0.05) is 23.7 Å². The molecule has 0 fully saturated rings. The lowest BCUT2D eigenvalue weighted by molar-refractivity contribution is 0.0377. The molecule has 0 bridgehead atoms. The third kappa shape index (κ3) is 7.65. The van der Waals surface area contributed by atoms with Gasteiger partial charge in [-0.05, 0) is 75.8 Å². The lowest BCUT2D eigenvalue weighted by Crippen LogP contribution is -2.28. The second-order valence-electron chi connectivity index (χ2n) is 7.14. The Bertz CT molecular complexity index is 874. The first kappa shape index (κ1) is 23.6. The summed E-state index contributed by atoms with van der Waals surface area (Å²) in [6.45, 7) is 7.50. The summed E-state index contributed by atoms with van der Waals surface area (Å²) in [4.78, 5) is 24.7. The van der Waals surface area contributed by atoms with E-state index in [1.54, 1.807) is 52.0 Å². The molecular weight excluding hydrogens is 424 g/mol. The molecule has 30 heavy (non-hydrogen) atoms. The predicted molar refractivity (Wildman–Crippen MR) is 122 cm³/mol. The molecule has 160 valence electrons. The van der Waals surface area contributed by atoms with Crippen LogP contribution in [0.15, 0.2) is 42.5 Å². The molecule has 0 spiro atoms. The molecule has 0 heterocycles. The molecule has 0 amide bonds. The van der Waals surface area contributed by atoms with Crippen LogP contribution in [-0.2, 0) is 16.0 Å². The summed E-state index contributed by atoms with van der Waals surface area (Å²) in [5.41, 5.74) is 1.92. The SMILES string of the molecule is CC(C)OC(=O)c1cc(NC(=S)NCc2ccc(Cl)cc2)cc(C(=O)OC(C)C)c1. The van der Waals surface area contributed by atoms with Crippen molar-refractivity contribution in [1.29, 1.82) is 0 Å². The summed E-state index contributed by atoms with van der Waals surface area (Å²) in [6, 6.07) is 12.0. The maximum absolute atomic E-state index is 12.4. The second kappa shape index (κ2) is 10.9. The Morgan fingerprint density at radius 3 is 1.90 bits per heavy atom. The second-order valence-corrected chi connectivity index (χ2v) is 7.99. The van der Waals surface area contributed by atoms with Crippen LogP contribution in [0, 0.1) is 0 Å². The summed E-state index contributed by atoms with van der Waals surface area (Å²) in [5, 5.41) is 7.07. The molecule has 0 radical (unpaired) electrons. The van der Waals surface area contributed by atoms with Gasteiger partial charge < -0.3 is 20.1 Å². The van der Waals surface area contributed by atoms with Crippen LogP contribution in [0.2, 0.25) is 5.02 Å². The molecule has 2 aromatic rings. The maximum Gasteiger partial charge on any atom is 0.338 e. The number of anilines is 1. The number of thiocarbonyl (C=S) groups is 1. The van der Waals surface area contributed by atoms with E-state index in [0.29, 0.717) is 22.4 Å².